The summed E-state index contributed by atoms with van der Waals surface area (Å²) >= 11 is 0. The highest BCUT2D eigenvalue weighted by Crippen LogP contribution is 2.37. The predicted molar refractivity (Wildman–Crippen MR) is 142 cm³/mol. The summed E-state index contributed by atoms with van der Waals surface area (Å²) in [7, 11) is 0. The van der Waals surface area contributed by atoms with Gasteiger partial charge >= 0.3 is 6.09 Å². The van der Waals surface area contributed by atoms with Crippen LogP contribution < -0.4 is 16.4 Å². The molecule has 208 valence electrons. The second kappa shape index (κ2) is 13.3. The Bertz CT molecular complexity index is 970. The van der Waals surface area contributed by atoms with Crippen LogP contribution >= 0.6 is 0 Å². The molecule has 2 atom stereocenters. The van der Waals surface area contributed by atoms with Crippen molar-refractivity contribution in [3.05, 3.63) is 29.3 Å². The van der Waals surface area contributed by atoms with Gasteiger partial charge in [-0.05, 0) is 59.9 Å². The van der Waals surface area contributed by atoms with Crippen LogP contribution in [-0.2, 0) is 19.1 Å². The fourth-order valence-electron chi connectivity index (χ4n) is 3.75. The highest BCUT2D eigenvalue weighted by atomic mass is 16.6. The summed E-state index contributed by atoms with van der Waals surface area (Å²) in [6.45, 7) is 14.5. The topological polar surface area (TPSA) is 151 Å². The Hall–Kier alpha value is -3.30. The standard InChI is InChI=1S/C27H44N4O6/c1-9-11-15-29-23(34)21(18-14-12-13-17(3)22(18)33)31(27(7,8)10-2)24(35)19(16-20(28)32)30-25(36)37-26(4,5)6/h12-14,19,21,33H,9-11,15-16H2,1-8H3,(H2,28,32)(H,29,34)(H,30,36). The number of benzene rings is 1. The fraction of sp³-hybridized carbons (Fsp3) is 0.630. The van der Waals surface area contributed by atoms with Crippen molar-refractivity contribution in [1.82, 2.24) is 15.5 Å². The van der Waals surface area contributed by atoms with E-state index in [1.54, 1.807) is 59.7 Å². The quantitative estimate of drug-likeness (QED) is 0.310. The van der Waals surface area contributed by atoms with Gasteiger partial charge < -0.3 is 31.1 Å². The van der Waals surface area contributed by atoms with Gasteiger partial charge in [-0.1, -0.05) is 38.5 Å². The number of unbranched alkanes of at least 4 members (excludes halogenated alkanes) is 1. The summed E-state index contributed by atoms with van der Waals surface area (Å²) in [5.74, 6) is -2.12. The van der Waals surface area contributed by atoms with E-state index in [2.05, 4.69) is 10.6 Å². The van der Waals surface area contributed by atoms with Gasteiger partial charge in [-0.15, -0.1) is 0 Å². The molecule has 5 N–H and O–H groups in total. The fourth-order valence-corrected chi connectivity index (χ4v) is 3.75. The summed E-state index contributed by atoms with van der Waals surface area (Å²) in [5.41, 5.74) is 4.42. The minimum atomic E-state index is -1.39. The Morgan fingerprint density at radius 1 is 1.11 bits per heavy atom. The molecule has 1 rings (SSSR count). The Kier molecular flexibility index (Phi) is 11.4. The molecular formula is C27H44N4O6. The van der Waals surface area contributed by atoms with E-state index in [0.717, 1.165) is 12.8 Å². The van der Waals surface area contributed by atoms with E-state index in [-0.39, 0.29) is 11.3 Å². The van der Waals surface area contributed by atoms with Gasteiger partial charge in [-0.25, -0.2) is 4.79 Å². The lowest BCUT2D eigenvalue weighted by molar-refractivity contribution is -0.150. The first-order valence-corrected chi connectivity index (χ1v) is 12.7. The molecule has 0 bridgehead atoms. The van der Waals surface area contributed by atoms with Gasteiger partial charge in [0.2, 0.25) is 17.7 Å². The third kappa shape index (κ3) is 9.26. The summed E-state index contributed by atoms with van der Waals surface area (Å²) in [4.78, 5) is 53.5. The molecule has 0 radical (unpaired) electrons. The highest BCUT2D eigenvalue weighted by Gasteiger charge is 2.44. The molecule has 0 fully saturated rings. The van der Waals surface area contributed by atoms with Crippen LogP contribution in [0.5, 0.6) is 5.75 Å². The molecule has 0 aromatic heterocycles. The molecule has 0 aliphatic heterocycles. The first kappa shape index (κ1) is 31.7. The number of carbonyl (C=O) groups excluding carboxylic acids is 4. The SMILES string of the molecule is CCCCNC(=O)C(c1cccc(C)c1O)N(C(=O)C(CC(N)=O)NC(=O)OC(C)(C)C)C(C)(C)CC. The van der Waals surface area contributed by atoms with Gasteiger partial charge in [0.05, 0.1) is 6.42 Å². The van der Waals surface area contributed by atoms with Gasteiger partial charge in [0.1, 0.15) is 23.4 Å². The van der Waals surface area contributed by atoms with E-state index in [1.807, 2.05) is 13.8 Å². The average Bonchev–Trinajstić information content (AvgIpc) is 2.77. The van der Waals surface area contributed by atoms with Crippen LogP contribution in [0.4, 0.5) is 4.79 Å². The molecule has 10 heteroatoms. The second-order valence-corrected chi connectivity index (χ2v) is 10.8. The number of nitrogens with two attached hydrogens (primary N) is 1. The van der Waals surface area contributed by atoms with Crippen molar-refractivity contribution in [1.29, 1.82) is 0 Å². The first-order valence-electron chi connectivity index (χ1n) is 12.7. The van der Waals surface area contributed by atoms with Gasteiger partial charge in [0, 0.05) is 17.6 Å². The monoisotopic (exact) mass is 520 g/mol. The van der Waals surface area contributed by atoms with Crippen LogP contribution in [0.15, 0.2) is 18.2 Å². The number of rotatable bonds is 12. The van der Waals surface area contributed by atoms with Crippen LogP contribution in [0.1, 0.15) is 91.3 Å². The molecular weight excluding hydrogens is 476 g/mol. The minimum Gasteiger partial charge on any atom is -0.507 e. The van der Waals surface area contributed by atoms with Crippen LogP contribution in [0.2, 0.25) is 0 Å². The molecule has 4 amide bonds. The van der Waals surface area contributed by atoms with E-state index in [9.17, 15) is 24.3 Å². The smallest absolute Gasteiger partial charge is 0.408 e. The number of alkyl carbamates (subject to hydrolysis) is 1. The highest BCUT2D eigenvalue weighted by molar-refractivity contribution is 5.95. The Labute approximate surface area is 220 Å². The number of para-hydroxylation sites is 1. The average molecular weight is 521 g/mol. The zero-order chi connectivity index (χ0) is 28.6. The molecule has 1 aromatic rings. The minimum absolute atomic E-state index is 0.116. The number of phenolic OH excluding ortho intramolecular Hbond substituents is 1. The summed E-state index contributed by atoms with van der Waals surface area (Å²) in [6, 6.07) is 2.34. The van der Waals surface area contributed by atoms with Gasteiger partial charge in [-0.3, -0.25) is 14.4 Å². The zero-order valence-corrected chi connectivity index (χ0v) is 23.4. The molecule has 10 nitrogen and oxygen atoms in total. The number of aryl methyl sites for hydroxylation is 1. The number of nitrogens with zero attached hydrogens (tertiary/aromatic N) is 1. The number of aromatic hydroxyl groups is 1. The number of nitrogens with one attached hydrogen (secondary N) is 2. The predicted octanol–water partition coefficient (Wildman–Crippen LogP) is 3.44. The van der Waals surface area contributed by atoms with Crippen LogP contribution in [0.25, 0.3) is 0 Å². The molecule has 0 saturated carbocycles. The lowest BCUT2D eigenvalue weighted by Gasteiger charge is -2.44. The number of hydrogen-bond acceptors (Lipinski definition) is 6. The maximum atomic E-state index is 14.1. The van der Waals surface area contributed by atoms with E-state index < -0.39 is 53.5 Å². The normalized spacial score (nSPS) is 13.3. The Morgan fingerprint density at radius 2 is 1.73 bits per heavy atom. The summed E-state index contributed by atoms with van der Waals surface area (Å²) in [6.07, 6.45) is 0.611. The van der Waals surface area contributed by atoms with Crippen molar-refractivity contribution in [3.8, 4) is 5.75 Å². The molecule has 37 heavy (non-hydrogen) atoms. The number of hydrogen-bond donors (Lipinski definition) is 4. The molecule has 0 aliphatic rings. The molecule has 0 heterocycles. The third-order valence-corrected chi connectivity index (χ3v) is 6.05. The van der Waals surface area contributed by atoms with Crippen molar-refractivity contribution in [2.24, 2.45) is 5.73 Å². The number of amides is 4. The van der Waals surface area contributed by atoms with E-state index in [0.29, 0.717) is 18.5 Å². The maximum absolute atomic E-state index is 14.1. The Morgan fingerprint density at radius 3 is 2.24 bits per heavy atom. The number of phenols is 1. The van der Waals surface area contributed by atoms with Gasteiger partial charge in [0.25, 0.3) is 0 Å². The van der Waals surface area contributed by atoms with E-state index >= 15 is 0 Å². The third-order valence-electron chi connectivity index (χ3n) is 6.05. The summed E-state index contributed by atoms with van der Waals surface area (Å²) < 4.78 is 5.29. The Balaban J connectivity index is 3.69. The van der Waals surface area contributed by atoms with Crippen molar-refractivity contribution < 1.29 is 29.0 Å². The van der Waals surface area contributed by atoms with Crippen molar-refractivity contribution in [2.45, 2.75) is 104 Å². The number of carbonyl (C=O) groups is 4. The zero-order valence-electron chi connectivity index (χ0n) is 23.4. The lowest BCUT2D eigenvalue weighted by Crippen LogP contribution is -2.60. The molecule has 0 spiro atoms. The molecule has 2 unspecified atom stereocenters. The van der Waals surface area contributed by atoms with E-state index in [4.69, 9.17) is 10.5 Å². The second-order valence-electron chi connectivity index (χ2n) is 10.8. The largest absolute Gasteiger partial charge is 0.507 e. The number of ether oxygens (including phenoxy) is 1. The first-order chi connectivity index (χ1) is 17.1. The lowest BCUT2D eigenvalue weighted by atomic mass is 9.90. The van der Waals surface area contributed by atoms with Crippen molar-refractivity contribution >= 4 is 23.8 Å². The van der Waals surface area contributed by atoms with E-state index in [1.165, 1.54) is 4.90 Å². The number of primary amides is 1. The molecule has 0 saturated heterocycles. The van der Waals surface area contributed by atoms with Crippen LogP contribution in [-0.4, -0.2) is 57.5 Å². The van der Waals surface area contributed by atoms with Gasteiger partial charge in [0.15, 0.2) is 0 Å². The van der Waals surface area contributed by atoms with Crippen molar-refractivity contribution in [2.75, 3.05) is 6.54 Å². The molecule has 1 aromatic carbocycles. The summed E-state index contributed by atoms with van der Waals surface area (Å²) in [5, 5.41) is 16.3. The van der Waals surface area contributed by atoms with Crippen LogP contribution in [0.3, 0.4) is 0 Å². The van der Waals surface area contributed by atoms with Gasteiger partial charge in [-0.2, -0.15) is 0 Å². The van der Waals surface area contributed by atoms with Crippen molar-refractivity contribution in [3.63, 3.8) is 0 Å². The van der Waals surface area contributed by atoms with Crippen LogP contribution in [0, 0.1) is 6.92 Å². The molecule has 0 aliphatic carbocycles. The maximum Gasteiger partial charge on any atom is 0.408 e.